The van der Waals surface area contributed by atoms with Crippen molar-refractivity contribution in [2.24, 2.45) is 0 Å². The van der Waals surface area contributed by atoms with Crippen LogP contribution in [0, 0.1) is 6.92 Å². The summed E-state index contributed by atoms with van der Waals surface area (Å²) in [6, 6.07) is 63.3. The third kappa shape index (κ3) is 4.55. The summed E-state index contributed by atoms with van der Waals surface area (Å²) in [5, 5.41) is 4.47. The lowest BCUT2D eigenvalue weighted by atomic mass is 9.70. The van der Waals surface area contributed by atoms with E-state index in [4.69, 9.17) is 14.4 Å². The van der Waals surface area contributed by atoms with Gasteiger partial charge in [-0.2, -0.15) is 0 Å². The minimum Gasteiger partial charge on any atom is -0.456 e. The van der Waals surface area contributed by atoms with E-state index in [2.05, 4.69) is 194 Å². The Hall–Kier alpha value is -8.08. The van der Waals surface area contributed by atoms with Crippen LogP contribution in [0.5, 0.6) is 0 Å². The van der Waals surface area contributed by atoms with Gasteiger partial charge in [0.2, 0.25) is 0 Å². The normalized spacial score (nSPS) is 14.9. The number of hydrogen-bond donors (Lipinski definition) is 0. The SMILES string of the molecule is C=C/C=C\c1c(C)c2cc3c(cc2n1-c1cccc2c1-c1ccccc1C21c2ccccc2-c2c(-c4nc(-c5ccccc5)c5ccccc5n4)cccc21)oc1ccccc13. The molecular weight excluding hydrogens is 755 g/mol. The smallest absolute Gasteiger partial charge is 0.161 e. The monoisotopic (exact) mass is 791 g/mol. The highest BCUT2D eigenvalue weighted by Crippen LogP contribution is 2.65. The van der Waals surface area contributed by atoms with Crippen LogP contribution in [-0.2, 0) is 5.41 Å². The molecule has 1 unspecified atom stereocenters. The predicted molar refractivity (Wildman–Crippen MR) is 255 cm³/mol. The third-order valence-electron chi connectivity index (χ3n) is 13.4. The largest absolute Gasteiger partial charge is 0.456 e. The highest BCUT2D eigenvalue weighted by atomic mass is 16.3. The van der Waals surface area contributed by atoms with Gasteiger partial charge in [0.25, 0.3) is 0 Å². The predicted octanol–water partition coefficient (Wildman–Crippen LogP) is 14.7. The average Bonchev–Trinajstić information content (AvgIpc) is 4.03. The molecule has 3 heterocycles. The lowest BCUT2D eigenvalue weighted by molar-refractivity contribution is 0.669. The van der Waals surface area contributed by atoms with E-state index >= 15 is 0 Å². The van der Waals surface area contributed by atoms with Crippen molar-refractivity contribution in [2.75, 3.05) is 0 Å². The van der Waals surface area contributed by atoms with Gasteiger partial charge in [-0.05, 0) is 81.8 Å². The van der Waals surface area contributed by atoms with Crippen LogP contribution in [0.15, 0.2) is 199 Å². The quantitative estimate of drug-likeness (QED) is 0.163. The summed E-state index contributed by atoms with van der Waals surface area (Å²) in [7, 11) is 0. The van der Waals surface area contributed by atoms with Gasteiger partial charge in [0.15, 0.2) is 5.82 Å². The number of aromatic nitrogens is 3. The number of allylic oxidation sites excluding steroid dienone is 2. The zero-order valence-corrected chi connectivity index (χ0v) is 33.9. The molecule has 0 saturated carbocycles. The van der Waals surface area contributed by atoms with Crippen LogP contribution in [0.2, 0.25) is 0 Å². The lowest BCUT2D eigenvalue weighted by Gasteiger charge is -2.30. The lowest BCUT2D eigenvalue weighted by Crippen LogP contribution is -2.26. The first-order chi connectivity index (χ1) is 30.6. The second kappa shape index (κ2) is 13.0. The van der Waals surface area contributed by atoms with E-state index in [9.17, 15) is 0 Å². The van der Waals surface area contributed by atoms with Gasteiger partial charge in [-0.15, -0.1) is 0 Å². The zero-order chi connectivity index (χ0) is 41.1. The number of aryl methyl sites for hydroxylation is 1. The first kappa shape index (κ1) is 34.8. The van der Waals surface area contributed by atoms with Gasteiger partial charge < -0.3 is 8.98 Å². The molecule has 290 valence electrons. The first-order valence-electron chi connectivity index (χ1n) is 21.2. The summed E-state index contributed by atoms with van der Waals surface area (Å²) < 4.78 is 8.97. The van der Waals surface area contributed by atoms with Gasteiger partial charge in [-0.25, -0.2) is 9.97 Å². The minimum atomic E-state index is -0.593. The Balaban J connectivity index is 1.11. The van der Waals surface area contributed by atoms with Crippen molar-refractivity contribution in [2.45, 2.75) is 12.3 Å². The van der Waals surface area contributed by atoms with Gasteiger partial charge in [0, 0.05) is 50.0 Å². The summed E-state index contributed by atoms with van der Waals surface area (Å²) in [6.07, 6.45) is 6.09. The Kier molecular flexibility index (Phi) is 7.26. The molecule has 2 aliphatic rings. The zero-order valence-electron chi connectivity index (χ0n) is 33.9. The number of nitrogens with zero attached hydrogens (tertiary/aromatic N) is 3. The summed E-state index contributed by atoms with van der Waals surface area (Å²) in [6.45, 7) is 6.29. The van der Waals surface area contributed by atoms with E-state index in [1.807, 2.05) is 18.2 Å². The Morgan fingerprint density at radius 2 is 1.19 bits per heavy atom. The second-order valence-corrected chi connectivity index (χ2v) is 16.5. The van der Waals surface area contributed by atoms with Crippen LogP contribution in [0.4, 0.5) is 0 Å². The molecule has 0 fully saturated rings. The van der Waals surface area contributed by atoms with Crippen LogP contribution in [-0.4, -0.2) is 14.5 Å². The minimum absolute atomic E-state index is 0.593. The molecule has 3 aromatic heterocycles. The summed E-state index contributed by atoms with van der Waals surface area (Å²) in [5.74, 6) is 0.719. The van der Waals surface area contributed by atoms with Crippen LogP contribution in [0.1, 0.15) is 33.5 Å². The molecule has 1 atom stereocenters. The number of benzene rings is 8. The van der Waals surface area contributed by atoms with Crippen molar-refractivity contribution >= 4 is 49.8 Å². The van der Waals surface area contributed by atoms with Gasteiger partial charge in [0.1, 0.15) is 11.2 Å². The summed E-state index contributed by atoms with van der Waals surface area (Å²) in [5.41, 5.74) is 19.5. The summed E-state index contributed by atoms with van der Waals surface area (Å²) >= 11 is 0. The standard InChI is InChI=1S/C58H37N3O/c1-3-4-30-49-35(2)42-33-43-37-20-11-15-32-52(37)62-53(43)34-51(42)61(49)50-31-17-28-47-55(50)39-22-9-13-26-45(39)58(47)44-25-12-8-21-38(44)54-41(24-16-27-46(54)58)57-59-48-29-14-10-23-40(48)56(60-57)36-18-6-5-7-19-36/h3-34H,1H2,2H3/b30-4-. The van der Waals surface area contributed by atoms with Gasteiger partial charge in [0.05, 0.1) is 27.8 Å². The molecule has 0 saturated heterocycles. The molecule has 0 bridgehead atoms. The summed E-state index contributed by atoms with van der Waals surface area (Å²) in [4.78, 5) is 10.7. The molecule has 8 aromatic carbocycles. The fourth-order valence-electron chi connectivity index (χ4n) is 10.9. The maximum Gasteiger partial charge on any atom is 0.161 e. The first-order valence-corrected chi connectivity index (χ1v) is 21.2. The van der Waals surface area contributed by atoms with Crippen molar-refractivity contribution in [1.82, 2.24) is 14.5 Å². The number of para-hydroxylation sites is 2. The Morgan fingerprint density at radius 1 is 0.548 bits per heavy atom. The number of furan rings is 1. The fraction of sp³-hybridized carbons (Fsp3) is 0.0345. The second-order valence-electron chi connectivity index (χ2n) is 16.5. The molecule has 4 heteroatoms. The number of hydrogen-bond acceptors (Lipinski definition) is 3. The van der Waals surface area contributed by atoms with Gasteiger partial charge in [-0.3, -0.25) is 0 Å². The molecule has 1 spiro atoms. The third-order valence-corrected chi connectivity index (χ3v) is 13.4. The molecule has 0 radical (unpaired) electrons. The number of rotatable bonds is 5. The van der Waals surface area contributed by atoms with Crippen molar-refractivity contribution in [3.8, 4) is 50.6 Å². The maximum absolute atomic E-state index is 6.53. The molecule has 11 aromatic rings. The molecule has 0 N–H and O–H groups in total. The Morgan fingerprint density at radius 3 is 2.00 bits per heavy atom. The van der Waals surface area contributed by atoms with Crippen molar-refractivity contribution in [3.05, 3.63) is 228 Å². The number of fused-ring (bicyclic) bond motifs is 15. The molecule has 4 nitrogen and oxygen atoms in total. The molecular formula is C58H37N3O. The van der Waals surface area contributed by atoms with Crippen LogP contribution in [0.25, 0.3) is 100 Å². The highest BCUT2D eigenvalue weighted by molar-refractivity contribution is 6.11. The molecule has 62 heavy (non-hydrogen) atoms. The Labute approximate surface area is 358 Å². The average molecular weight is 792 g/mol. The topological polar surface area (TPSA) is 43.9 Å². The van der Waals surface area contributed by atoms with Crippen LogP contribution < -0.4 is 0 Å². The Bertz CT molecular complexity index is 3740. The van der Waals surface area contributed by atoms with Crippen molar-refractivity contribution < 1.29 is 4.42 Å². The molecule has 2 aliphatic carbocycles. The molecule has 0 amide bonds. The van der Waals surface area contributed by atoms with E-state index in [1.165, 1.54) is 55.5 Å². The van der Waals surface area contributed by atoms with E-state index < -0.39 is 5.41 Å². The van der Waals surface area contributed by atoms with E-state index in [-0.39, 0.29) is 0 Å². The molecule has 0 aliphatic heterocycles. The van der Waals surface area contributed by atoms with Gasteiger partial charge >= 0.3 is 0 Å². The van der Waals surface area contributed by atoms with E-state index in [0.29, 0.717) is 0 Å². The van der Waals surface area contributed by atoms with Gasteiger partial charge in [-0.1, -0.05) is 164 Å². The van der Waals surface area contributed by atoms with Crippen molar-refractivity contribution in [1.29, 1.82) is 0 Å². The van der Waals surface area contributed by atoms with Crippen LogP contribution in [0.3, 0.4) is 0 Å². The van der Waals surface area contributed by atoms with Crippen LogP contribution >= 0.6 is 0 Å². The molecule has 13 rings (SSSR count). The van der Waals surface area contributed by atoms with E-state index in [1.54, 1.807) is 0 Å². The van der Waals surface area contributed by atoms with Crippen molar-refractivity contribution in [3.63, 3.8) is 0 Å². The maximum atomic E-state index is 6.53. The van der Waals surface area contributed by atoms with E-state index in [0.717, 1.165) is 72.4 Å². The highest BCUT2D eigenvalue weighted by Gasteiger charge is 2.53. The fourth-order valence-corrected chi connectivity index (χ4v) is 10.9.